The van der Waals surface area contributed by atoms with Gasteiger partial charge < -0.3 is 31.1 Å². The van der Waals surface area contributed by atoms with E-state index in [-0.39, 0.29) is 18.1 Å². The van der Waals surface area contributed by atoms with Gasteiger partial charge in [-0.15, -0.1) is 0 Å². The second-order valence-electron chi connectivity index (χ2n) is 4.67. The molecule has 0 radical (unpaired) electrons. The number of rotatable bonds is 3. The summed E-state index contributed by atoms with van der Waals surface area (Å²) in [6.45, 7) is -0.157. The first-order chi connectivity index (χ1) is 9.86. The van der Waals surface area contributed by atoms with Gasteiger partial charge in [0.05, 0.1) is 6.61 Å². The van der Waals surface area contributed by atoms with E-state index in [4.69, 9.17) is 10.5 Å². The SMILES string of the molecule is CSc1nc(N[C@H]2OC[C@@H](O)[C@@H](O)[C@@H]2O)c(N)c(=O)n1C. The van der Waals surface area contributed by atoms with E-state index in [9.17, 15) is 20.1 Å². The zero-order valence-electron chi connectivity index (χ0n) is 11.6. The highest BCUT2D eigenvalue weighted by Crippen LogP contribution is 2.21. The monoisotopic (exact) mass is 318 g/mol. The fraction of sp³-hybridized carbons (Fsp3) is 0.636. The fourth-order valence-corrected chi connectivity index (χ4v) is 2.50. The molecule has 2 rings (SSSR count). The number of hydrogen-bond donors (Lipinski definition) is 5. The van der Waals surface area contributed by atoms with Gasteiger partial charge in [0, 0.05) is 7.05 Å². The molecule has 1 aromatic rings. The molecule has 21 heavy (non-hydrogen) atoms. The van der Waals surface area contributed by atoms with Crippen molar-refractivity contribution in [2.24, 2.45) is 7.05 Å². The second kappa shape index (κ2) is 6.20. The summed E-state index contributed by atoms with van der Waals surface area (Å²) in [7, 11) is 1.55. The minimum atomic E-state index is -1.38. The number of nitrogens with one attached hydrogen (secondary N) is 1. The van der Waals surface area contributed by atoms with E-state index in [1.165, 1.54) is 16.3 Å². The highest BCUT2D eigenvalue weighted by molar-refractivity contribution is 7.98. The van der Waals surface area contributed by atoms with Crippen LogP contribution in [0.2, 0.25) is 0 Å². The molecule has 118 valence electrons. The Hall–Kier alpha value is -1.33. The molecule has 1 aliphatic heterocycles. The number of aromatic nitrogens is 2. The van der Waals surface area contributed by atoms with E-state index < -0.39 is 30.1 Å². The summed E-state index contributed by atoms with van der Waals surface area (Å²) in [6.07, 6.45) is -3.18. The van der Waals surface area contributed by atoms with Crippen molar-refractivity contribution in [3.05, 3.63) is 10.4 Å². The molecule has 0 aromatic carbocycles. The van der Waals surface area contributed by atoms with E-state index in [2.05, 4.69) is 10.3 Å². The molecule has 0 unspecified atom stereocenters. The lowest BCUT2D eigenvalue weighted by Crippen LogP contribution is -2.55. The lowest BCUT2D eigenvalue weighted by Gasteiger charge is -2.35. The highest BCUT2D eigenvalue weighted by atomic mass is 32.2. The van der Waals surface area contributed by atoms with Gasteiger partial charge in [0.2, 0.25) is 0 Å². The third-order valence-corrected chi connectivity index (χ3v) is 3.98. The Kier molecular flexibility index (Phi) is 4.74. The molecule has 0 spiro atoms. The van der Waals surface area contributed by atoms with Gasteiger partial charge in [-0.3, -0.25) is 9.36 Å². The first-order valence-corrected chi connectivity index (χ1v) is 7.42. The van der Waals surface area contributed by atoms with Gasteiger partial charge in [-0.25, -0.2) is 4.98 Å². The van der Waals surface area contributed by atoms with E-state index in [1.807, 2.05) is 0 Å². The molecule has 4 atom stereocenters. The summed E-state index contributed by atoms with van der Waals surface area (Å²) in [5, 5.41) is 32.0. The minimum Gasteiger partial charge on any atom is -0.391 e. The van der Waals surface area contributed by atoms with Crippen LogP contribution in [0.25, 0.3) is 0 Å². The third kappa shape index (κ3) is 2.99. The maximum atomic E-state index is 12.0. The van der Waals surface area contributed by atoms with Crippen molar-refractivity contribution in [2.75, 3.05) is 23.9 Å². The predicted octanol–water partition coefficient (Wildman–Crippen LogP) is -2.06. The Morgan fingerprint density at radius 2 is 2.10 bits per heavy atom. The molecule has 0 amide bonds. The lowest BCUT2D eigenvalue weighted by molar-refractivity contribution is -0.178. The highest BCUT2D eigenvalue weighted by Gasteiger charge is 2.38. The van der Waals surface area contributed by atoms with E-state index in [0.29, 0.717) is 5.16 Å². The molecule has 6 N–H and O–H groups in total. The van der Waals surface area contributed by atoms with Gasteiger partial charge in [-0.1, -0.05) is 11.8 Å². The molecule has 9 nitrogen and oxygen atoms in total. The number of anilines is 2. The van der Waals surface area contributed by atoms with E-state index in [0.717, 1.165) is 0 Å². The number of thioether (sulfide) groups is 1. The minimum absolute atomic E-state index is 0.0649. The van der Waals surface area contributed by atoms with Crippen LogP contribution in [0.3, 0.4) is 0 Å². The molecule has 1 saturated heterocycles. The van der Waals surface area contributed by atoms with E-state index in [1.54, 1.807) is 13.3 Å². The topological polar surface area (TPSA) is 143 Å². The molecule has 2 heterocycles. The smallest absolute Gasteiger partial charge is 0.279 e. The number of ether oxygens (including phenoxy) is 1. The molecule has 0 bridgehead atoms. The van der Waals surface area contributed by atoms with Gasteiger partial charge in [-0.05, 0) is 6.26 Å². The van der Waals surface area contributed by atoms with Crippen molar-refractivity contribution in [3.63, 3.8) is 0 Å². The summed E-state index contributed by atoms with van der Waals surface area (Å²) in [6, 6.07) is 0. The van der Waals surface area contributed by atoms with Crippen molar-refractivity contribution >= 4 is 23.3 Å². The number of aliphatic hydroxyl groups excluding tert-OH is 3. The zero-order valence-corrected chi connectivity index (χ0v) is 12.4. The summed E-state index contributed by atoms with van der Waals surface area (Å²) < 4.78 is 6.50. The van der Waals surface area contributed by atoms with Gasteiger partial charge in [-0.2, -0.15) is 0 Å². The van der Waals surface area contributed by atoms with Crippen molar-refractivity contribution in [3.8, 4) is 0 Å². The lowest BCUT2D eigenvalue weighted by atomic mass is 10.0. The molecule has 0 aliphatic carbocycles. The number of hydrogen-bond acceptors (Lipinski definition) is 9. The standard InChI is InChI=1S/C11H18N4O5S/c1-15-10(19)5(12)8(14-11(15)21-2)13-9-7(18)6(17)4(16)3-20-9/h4,6-7,9,13,16-18H,3,12H2,1-2H3/t4-,6-,7+,9+/m1/s1. The molecule has 0 saturated carbocycles. The van der Waals surface area contributed by atoms with Gasteiger partial charge in [0.25, 0.3) is 5.56 Å². The Balaban J connectivity index is 2.28. The number of nitrogens with zero attached hydrogens (tertiary/aromatic N) is 2. The Morgan fingerprint density at radius 1 is 1.43 bits per heavy atom. The zero-order chi connectivity index (χ0) is 15.7. The average molecular weight is 318 g/mol. The van der Waals surface area contributed by atoms with Crippen LogP contribution in [-0.4, -0.2) is 62.3 Å². The Morgan fingerprint density at radius 3 is 2.71 bits per heavy atom. The average Bonchev–Trinajstić information content (AvgIpc) is 2.48. The van der Waals surface area contributed by atoms with Crippen molar-refractivity contribution in [1.82, 2.24) is 9.55 Å². The summed E-state index contributed by atoms with van der Waals surface area (Å²) in [5.74, 6) is 0.0649. The van der Waals surface area contributed by atoms with Gasteiger partial charge >= 0.3 is 0 Å². The predicted molar refractivity (Wildman–Crippen MR) is 77.1 cm³/mol. The second-order valence-corrected chi connectivity index (χ2v) is 5.45. The fourth-order valence-electron chi connectivity index (χ4n) is 1.96. The van der Waals surface area contributed by atoms with Crippen LogP contribution in [0.1, 0.15) is 0 Å². The number of nitrogens with two attached hydrogens (primary N) is 1. The van der Waals surface area contributed by atoms with Crippen LogP contribution in [0.5, 0.6) is 0 Å². The largest absolute Gasteiger partial charge is 0.391 e. The summed E-state index contributed by atoms with van der Waals surface area (Å²) >= 11 is 1.26. The number of nitrogen functional groups attached to an aromatic ring is 1. The quantitative estimate of drug-likeness (QED) is 0.314. The molecule has 1 aliphatic rings. The van der Waals surface area contributed by atoms with Crippen LogP contribution in [0.4, 0.5) is 11.5 Å². The number of aliphatic hydroxyl groups is 3. The van der Waals surface area contributed by atoms with Gasteiger partial charge in [0.1, 0.15) is 24.0 Å². The van der Waals surface area contributed by atoms with Crippen molar-refractivity contribution in [2.45, 2.75) is 29.7 Å². The third-order valence-electron chi connectivity index (χ3n) is 3.25. The Labute approximate surface area is 124 Å². The first-order valence-electron chi connectivity index (χ1n) is 6.19. The molecule has 10 heteroatoms. The normalized spacial score (nSPS) is 29.4. The molecule has 1 fully saturated rings. The maximum absolute atomic E-state index is 12.0. The van der Waals surface area contributed by atoms with Crippen molar-refractivity contribution in [1.29, 1.82) is 0 Å². The Bertz CT molecular complexity index is 580. The summed E-state index contributed by atoms with van der Waals surface area (Å²) in [4.78, 5) is 16.1. The van der Waals surface area contributed by atoms with Crippen LogP contribution in [0.15, 0.2) is 9.95 Å². The van der Waals surface area contributed by atoms with Crippen LogP contribution in [-0.2, 0) is 11.8 Å². The van der Waals surface area contributed by atoms with E-state index >= 15 is 0 Å². The maximum Gasteiger partial charge on any atom is 0.279 e. The molecular formula is C11H18N4O5S. The molecular weight excluding hydrogens is 300 g/mol. The first kappa shape index (κ1) is 16.0. The van der Waals surface area contributed by atoms with Crippen molar-refractivity contribution < 1.29 is 20.1 Å². The van der Waals surface area contributed by atoms with Crippen LogP contribution < -0.4 is 16.6 Å². The van der Waals surface area contributed by atoms with Crippen LogP contribution >= 0.6 is 11.8 Å². The molecule has 1 aromatic heterocycles. The van der Waals surface area contributed by atoms with Crippen LogP contribution in [0, 0.1) is 0 Å². The summed E-state index contributed by atoms with van der Waals surface area (Å²) in [5.41, 5.74) is 5.17. The van der Waals surface area contributed by atoms with Gasteiger partial charge in [0.15, 0.2) is 17.2 Å².